The van der Waals surface area contributed by atoms with Gasteiger partial charge in [0.25, 0.3) is 0 Å². The molecule has 1 fully saturated rings. The van der Waals surface area contributed by atoms with E-state index in [1.807, 2.05) is 12.1 Å². The van der Waals surface area contributed by atoms with Gasteiger partial charge in [-0.05, 0) is 30.5 Å². The van der Waals surface area contributed by atoms with Crippen LogP contribution in [-0.2, 0) is 16.1 Å². The Bertz CT molecular complexity index is 760. The fraction of sp³-hybridized carbons (Fsp3) is 0.444. The van der Waals surface area contributed by atoms with E-state index in [1.54, 1.807) is 12.1 Å². The van der Waals surface area contributed by atoms with E-state index in [-0.39, 0.29) is 36.4 Å². The van der Waals surface area contributed by atoms with Crippen molar-refractivity contribution >= 4 is 28.3 Å². The first-order valence-corrected chi connectivity index (χ1v) is 9.82. The minimum atomic E-state index is -0.233. The minimum absolute atomic E-state index is 0.103. The summed E-state index contributed by atoms with van der Waals surface area (Å²) >= 11 is 1.24. The highest BCUT2D eigenvalue weighted by Crippen LogP contribution is 2.17. The van der Waals surface area contributed by atoms with Gasteiger partial charge in [-0.15, -0.1) is 10.2 Å². The van der Waals surface area contributed by atoms with Gasteiger partial charge in [0.15, 0.2) is 0 Å². The van der Waals surface area contributed by atoms with Crippen molar-refractivity contribution in [1.29, 1.82) is 0 Å². The molecule has 1 saturated heterocycles. The number of carbonyl (C=O) groups is 2. The quantitative estimate of drug-likeness (QED) is 0.666. The fourth-order valence-corrected chi connectivity index (χ4v) is 3.55. The lowest BCUT2D eigenvalue weighted by atomic mass is 10.0. The summed E-state index contributed by atoms with van der Waals surface area (Å²) in [5, 5.41) is 23.0. The summed E-state index contributed by atoms with van der Waals surface area (Å²) in [5.74, 6) is -0.0542. The molecule has 0 radical (unpaired) electrons. The van der Waals surface area contributed by atoms with Crippen LogP contribution < -0.4 is 10.6 Å². The number of benzene rings is 1. The van der Waals surface area contributed by atoms with Gasteiger partial charge in [-0.2, -0.15) is 0 Å². The van der Waals surface area contributed by atoms with Gasteiger partial charge < -0.3 is 15.7 Å². The molecule has 0 aliphatic carbocycles. The Morgan fingerprint density at radius 3 is 2.70 bits per heavy atom. The number of phenolic OH excluding ortho intramolecular Hbond substituents is 1. The Morgan fingerprint density at radius 1 is 1.22 bits per heavy atom. The maximum atomic E-state index is 12.1. The third-order valence-electron chi connectivity index (χ3n) is 4.45. The molecule has 0 spiro atoms. The van der Waals surface area contributed by atoms with Crippen LogP contribution in [0.4, 0.5) is 5.13 Å². The lowest BCUT2D eigenvalue weighted by Crippen LogP contribution is -2.44. The number of aromatic hydroxyl groups is 1. The largest absolute Gasteiger partial charge is 0.508 e. The number of phenols is 1. The van der Waals surface area contributed by atoms with E-state index < -0.39 is 0 Å². The van der Waals surface area contributed by atoms with Crippen LogP contribution in [0.2, 0.25) is 0 Å². The van der Waals surface area contributed by atoms with Gasteiger partial charge in [0.2, 0.25) is 16.9 Å². The van der Waals surface area contributed by atoms with E-state index in [0.29, 0.717) is 5.13 Å². The molecule has 2 heterocycles. The van der Waals surface area contributed by atoms with E-state index in [1.165, 1.54) is 16.8 Å². The molecule has 27 heavy (non-hydrogen) atoms. The molecular formula is C18H23N5O3S. The Kier molecular flexibility index (Phi) is 6.72. The SMILES string of the molecule is O=C(CCC(=O)NC1CCN(Cc2cccc(O)c2)CC1)Nc1nncs1. The molecular weight excluding hydrogens is 366 g/mol. The normalized spacial score (nSPS) is 15.4. The summed E-state index contributed by atoms with van der Waals surface area (Å²) in [4.78, 5) is 26.2. The molecule has 1 aromatic carbocycles. The third kappa shape index (κ3) is 6.30. The Labute approximate surface area is 161 Å². The predicted molar refractivity (Wildman–Crippen MR) is 102 cm³/mol. The van der Waals surface area contributed by atoms with Gasteiger partial charge in [0.05, 0.1) is 0 Å². The zero-order chi connectivity index (χ0) is 19.1. The molecule has 1 aliphatic heterocycles. The third-order valence-corrected chi connectivity index (χ3v) is 5.06. The van der Waals surface area contributed by atoms with Crippen LogP contribution in [0.3, 0.4) is 0 Å². The first kappa shape index (κ1) is 19.2. The van der Waals surface area contributed by atoms with Gasteiger partial charge in [-0.1, -0.05) is 23.5 Å². The second kappa shape index (κ2) is 9.43. The topological polar surface area (TPSA) is 107 Å². The van der Waals surface area contributed by atoms with E-state index in [9.17, 15) is 14.7 Å². The zero-order valence-corrected chi connectivity index (χ0v) is 15.7. The summed E-state index contributed by atoms with van der Waals surface area (Å²) in [5.41, 5.74) is 2.62. The summed E-state index contributed by atoms with van der Waals surface area (Å²) in [6, 6.07) is 7.43. The molecule has 1 aromatic heterocycles. The summed E-state index contributed by atoms with van der Waals surface area (Å²) in [7, 11) is 0. The molecule has 2 amide bonds. The predicted octanol–water partition coefficient (Wildman–Crippen LogP) is 1.74. The second-order valence-electron chi connectivity index (χ2n) is 6.58. The van der Waals surface area contributed by atoms with E-state index >= 15 is 0 Å². The van der Waals surface area contributed by atoms with E-state index in [0.717, 1.165) is 38.0 Å². The molecule has 3 N–H and O–H groups in total. The van der Waals surface area contributed by atoms with Gasteiger partial charge in [-0.25, -0.2) is 0 Å². The molecule has 144 valence electrons. The summed E-state index contributed by atoms with van der Waals surface area (Å²) in [6.07, 6.45) is 2.04. The van der Waals surface area contributed by atoms with Crippen LogP contribution in [0.25, 0.3) is 0 Å². The van der Waals surface area contributed by atoms with Crippen LogP contribution in [0.5, 0.6) is 5.75 Å². The number of carbonyl (C=O) groups excluding carboxylic acids is 2. The molecule has 8 nitrogen and oxygen atoms in total. The molecule has 9 heteroatoms. The lowest BCUT2D eigenvalue weighted by molar-refractivity contribution is -0.125. The maximum Gasteiger partial charge on any atom is 0.226 e. The van der Waals surface area contributed by atoms with Gasteiger partial charge >= 0.3 is 0 Å². The summed E-state index contributed by atoms with van der Waals surface area (Å²) in [6.45, 7) is 2.57. The van der Waals surface area contributed by atoms with Crippen LogP contribution in [-0.4, -0.2) is 51.1 Å². The molecule has 3 rings (SSSR count). The number of nitrogens with zero attached hydrogens (tertiary/aromatic N) is 3. The van der Waals surface area contributed by atoms with Crippen LogP contribution in [0.1, 0.15) is 31.2 Å². The monoisotopic (exact) mass is 389 g/mol. The van der Waals surface area contributed by atoms with Crippen molar-refractivity contribution in [2.75, 3.05) is 18.4 Å². The number of anilines is 1. The van der Waals surface area contributed by atoms with Crippen LogP contribution >= 0.6 is 11.3 Å². The van der Waals surface area contributed by atoms with E-state index in [4.69, 9.17) is 0 Å². The standard InChI is InChI=1S/C18H23N5O3S/c24-15-3-1-2-13(10-15)11-23-8-6-14(7-9-23)20-16(25)4-5-17(26)21-18-22-19-12-27-18/h1-3,10,12,14,24H,4-9,11H2,(H,20,25)(H,21,22,26). The Morgan fingerprint density at radius 2 is 2.00 bits per heavy atom. The average Bonchev–Trinajstić information content (AvgIpc) is 3.15. The van der Waals surface area contributed by atoms with Gasteiger partial charge in [-0.3, -0.25) is 14.5 Å². The fourth-order valence-electron chi connectivity index (χ4n) is 3.08. The number of hydrogen-bond acceptors (Lipinski definition) is 7. The number of piperidine rings is 1. The molecule has 0 saturated carbocycles. The molecule has 1 aliphatic rings. The van der Waals surface area contributed by atoms with Crippen molar-refractivity contribution in [3.8, 4) is 5.75 Å². The highest BCUT2D eigenvalue weighted by atomic mass is 32.1. The first-order valence-electron chi connectivity index (χ1n) is 8.94. The highest BCUT2D eigenvalue weighted by Gasteiger charge is 2.21. The lowest BCUT2D eigenvalue weighted by Gasteiger charge is -2.32. The smallest absolute Gasteiger partial charge is 0.226 e. The zero-order valence-electron chi connectivity index (χ0n) is 14.9. The van der Waals surface area contributed by atoms with Crippen molar-refractivity contribution in [2.45, 2.75) is 38.3 Å². The van der Waals surface area contributed by atoms with Crippen molar-refractivity contribution in [3.05, 3.63) is 35.3 Å². The second-order valence-corrected chi connectivity index (χ2v) is 7.41. The van der Waals surface area contributed by atoms with Crippen molar-refractivity contribution in [2.24, 2.45) is 0 Å². The van der Waals surface area contributed by atoms with Crippen LogP contribution in [0.15, 0.2) is 29.8 Å². The van der Waals surface area contributed by atoms with Crippen molar-refractivity contribution in [3.63, 3.8) is 0 Å². The maximum absolute atomic E-state index is 12.1. The van der Waals surface area contributed by atoms with Gasteiger partial charge in [0.1, 0.15) is 11.3 Å². The van der Waals surface area contributed by atoms with Crippen LogP contribution in [0, 0.1) is 0 Å². The number of hydrogen-bond donors (Lipinski definition) is 3. The number of aromatic nitrogens is 2. The molecule has 0 atom stereocenters. The van der Waals surface area contributed by atoms with Gasteiger partial charge in [0, 0.05) is 38.5 Å². The molecule has 0 unspecified atom stereocenters. The molecule has 0 bridgehead atoms. The summed E-state index contributed by atoms with van der Waals surface area (Å²) < 4.78 is 0. The number of likely N-dealkylation sites (tertiary alicyclic amines) is 1. The van der Waals surface area contributed by atoms with Crippen molar-refractivity contribution < 1.29 is 14.7 Å². The van der Waals surface area contributed by atoms with E-state index in [2.05, 4.69) is 25.7 Å². The number of amides is 2. The van der Waals surface area contributed by atoms with Crippen molar-refractivity contribution in [1.82, 2.24) is 20.4 Å². The minimum Gasteiger partial charge on any atom is -0.508 e. The Balaban J connectivity index is 1.33. The molecule has 2 aromatic rings. The Hall–Kier alpha value is -2.52. The number of nitrogens with one attached hydrogen (secondary N) is 2. The first-order chi connectivity index (χ1) is 13.1. The highest BCUT2D eigenvalue weighted by molar-refractivity contribution is 7.13. The number of rotatable bonds is 7. The average molecular weight is 389 g/mol.